The number of thioether (sulfide) groups is 1. The minimum Gasteiger partial charge on any atom is -0.497 e. The van der Waals surface area contributed by atoms with Crippen LogP contribution in [0.15, 0.2) is 53.4 Å². The van der Waals surface area contributed by atoms with Gasteiger partial charge in [-0.1, -0.05) is 19.1 Å². The normalized spacial score (nSPS) is 11.5. The number of carbonyl (C=O) groups excluding carboxylic acids is 2. The topological polar surface area (TPSA) is 67.4 Å². The van der Waals surface area contributed by atoms with Gasteiger partial charge >= 0.3 is 0 Å². The SMILES string of the molecule is CCC(Sc1cccc(NC(C)=O)c1)C(=O)Nc1cccc(OC)c1. The molecule has 0 aromatic heterocycles. The maximum absolute atomic E-state index is 12.6. The first-order valence-electron chi connectivity index (χ1n) is 8.01. The maximum Gasteiger partial charge on any atom is 0.237 e. The Morgan fingerprint density at radius 3 is 2.40 bits per heavy atom. The summed E-state index contributed by atoms with van der Waals surface area (Å²) in [6.07, 6.45) is 0.685. The number of hydrogen-bond donors (Lipinski definition) is 2. The second kappa shape index (κ2) is 9.13. The second-order valence-corrected chi connectivity index (χ2v) is 6.72. The molecular weight excluding hydrogens is 336 g/mol. The number of hydrogen-bond acceptors (Lipinski definition) is 4. The Bertz CT molecular complexity index is 749. The molecule has 0 bridgehead atoms. The Morgan fingerprint density at radius 2 is 1.76 bits per heavy atom. The summed E-state index contributed by atoms with van der Waals surface area (Å²) in [4.78, 5) is 24.7. The molecule has 2 aromatic rings. The second-order valence-electron chi connectivity index (χ2n) is 5.44. The monoisotopic (exact) mass is 358 g/mol. The van der Waals surface area contributed by atoms with Gasteiger partial charge in [0.25, 0.3) is 0 Å². The summed E-state index contributed by atoms with van der Waals surface area (Å²) in [5.74, 6) is 0.511. The van der Waals surface area contributed by atoms with Crippen LogP contribution in [0, 0.1) is 0 Å². The van der Waals surface area contributed by atoms with Crippen LogP contribution < -0.4 is 15.4 Å². The van der Waals surface area contributed by atoms with Gasteiger partial charge in [-0.3, -0.25) is 9.59 Å². The van der Waals surface area contributed by atoms with E-state index in [-0.39, 0.29) is 17.1 Å². The lowest BCUT2D eigenvalue weighted by molar-refractivity contribution is -0.116. The van der Waals surface area contributed by atoms with Gasteiger partial charge in [-0.2, -0.15) is 0 Å². The van der Waals surface area contributed by atoms with E-state index in [4.69, 9.17) is 4.74 Å². The van der Waals surface area contributed by atoms with Crippen molar-refractivity contribution in [1.82, 2.24) is 0 Å². The molecule has 0 spiro atoms. The lowest BCUT2D eigenvalue weighted by atomic mass is 10.2. The number of methoxy groups -OCH3 is 1. The maximum atomic E-state index is 12.6. The molecule has 0 radical (unpaired) electrons. The Labute approximate surface area is 152 Å². The van der Waals surface area contributed by atoms with Gasteiger partial charge in [-0.25, -0.2) is 0 Å². The largest absolute Gasteiger partial charge is 0.497 e. The van der Waals surface area contributed by atoms with E-state index in [9.17, 15) is 9.59 Å². The number of nitrogens with one attached hydrogen (secondary N) is 2. The van der Waals surface area contributed by atoms with Crippen molar-refractivity contribution in [2.24, 2.45) is 0 Å². The number of rotatable bonds is 7. The summed E-state index contributed by atoms with van der Waals surface area (Å²) in [7, 11) is 1.59. The average Bonchev–Trinajstić information content (AvgIpc) is 2.59. The Morgan fingerprint density at radius 1 is 1.08 bits per heavy atom. The fourth-order valence-corrected chi connectivity index (χ4v) is 3.27. The molecular formula is C19H22N2O3S. The zero-order valence-electron chi connectivity index (χ0n) is 14.5. The molecule has 0 heterocycles. The highest BCUT2D eigenvalue weighted by Gasteiger charge is 2.18. The minimum atomic E-state index is -0.237. The molecule has 0 aliphatic rings. The van der Waals surface area contributed by atoms with Crippen molar-refractivity contribution in [3.63, 3.8) is 0 Å². The molecule has 0 saturated carbocycles. The first-order valence-corrected chi connectivity index (χ1v) is 8.89. The van der Waals surface area contributed by atoms with Gasteiger partial charge in [0, 0.05) is 29.3 Å². The zero-order valence-corrected chi connectivity index (χ0v) is 15.4. The van der Waals surface area contributed by atoms with Gasteiger partial charge in [0.15, 0.2) is 0 Å². The first kappa shape index (κ1) is 18.9. The molecule has 2 N–H and O–H groups in total. The summed E-state index contributed by atoms with van der Waals surface area (Å²) >= 11 is 1.47. The van der Waals surface area contributed by atoms with Crippen LogP contribution >= 0.6 is 11.8 Å². The van der Waals surface area contributed by atoms with E-state index in [0.29, 0.717) is 17.9 Å². The molecule has 2 aromatic carbocycles. The predicted molar refractivity (Wildman–Crippen MR) is 102 cm³/mol. The van der Waals surface area contributed by atoms with E-state index in [2.05, 4.69) is 10.6 Å². The van der Waals surface area contributed by atoms with E-state index in [1.165, 1.54) is 18.7 Å². The standard InChI is InChI=1S/C19H22N2O3S/c1-4-18(19(23)21-14-7-5-9-16(11-14)24-3)25-17-10-6-8-15(12-17)20-13(2)22/h5-12,18H,4H2,1-3H3,(H,20,22)(H,21,23). The highest BCUT2D eigenvalue weighted by molar-refractivity contribution is 8.00. The van der Waals surface area contributed by atoms with Crippen LogP contribution in [0.25, 0.3) is 0 Å². The Balaban J connectivity index is 2.05. The molecule has 0 aliphatic heterocycles. The molecule has 1 unspecified atom stereocenters. The van der Waals surface area contributed by atoms with Gasteiger partial charge in [0.1, 0.15) is 5.75 Å². The van der Waals surface area contributed by atoms with Crippen LogP contribution in [0.1, 0.15) is 20.3 Å². The highest BCUT2D eigenvalue weighted by Crippen LogP contribution is 2.29. The molecule has 2 amide bonds. The summed E-state index contributed by atoms with van der Waals surface area (Å²) in [5, 5.41) is 5.44. The van der Waals surface area contributed by atoms with Gasteiger partial charge in [-0.05, 0) is 36.8 Å². The number of carbonyl (C=O) groups is 2. The molecule has 0 fully saturated rings. The molecule has 0 saturated heterocycles. The van der Waals surface area contributed by atoms with Crippen molar-refractivity contribution >= 4 is 35.0 Å². The van der Waals surface area contributed by atoms with E-state index in [0.717, 1.165) is 10.6 Å². The van der Waals surface area contributed by atoms with Crippen molar-refractivity contribution in [2.45, 2.75) is 30.4 Å². The van der Waals surface area contributed by atoms with Crippen molar-refractivity contribution < 1.29 is 14.3 Å². The molecule has 2 rings (SSSR count). The van der Waals surface area contributed by atoms with Crippen LogP contribution in [-0.4, -0.2) is 24.2 Å². The van der Waals surface area contributed by atoms with Crippen LogP contribution in [0.5, 0.6) is 5.75 Å². The molecule has 132 valence electrons. The van der Waals surface area contributed by atoms with Crippen LogP contribution in [0.2, 0.25) is 0 Å². The lowest BCUT2D eigenvalue weighted by Gasteiger charge is -2.15. The van der Waals surface area contributed by atoms with E-state index in [1.807, 2.05) is 49.4 Å². The van der Waals surface area contributed by atoms with Crippen LogP contribution in [0.4, 0.5) is 11.4 Å². The van der Waals surface area contributed by atoms with E-state index >= 15 is 0 Å². The summed E-state index contributed by atoms with van der Waals surface area (Å²) < 4.78 is 5.17. The third kappa shape index (κ3) is 5.83. The quantitative estimate of drug-likeness (QED) is 0.729. The fourth-order valence-electron chi connectivity index (χ4n) is 2.26. The molecule has 1 atom stereocenters. The minimum absolute atomic E-state index is 0.0642. The molecule has 5 nitrogen and oxygen atoms in total. The van der Waals surface area contributed by atoms with Crippen molar-refractivity contribution in [2.75, 3.05) is 17.7 Å². The van der Waals surface area contributed by atoms with E-state index < -0.39 is 0 Å². The van der Waals surface area contributed by atoms with Gasteiger partial charge in [-0.15, -0.1) is 11.8 Å². The number of amides is 2. The lowest BCUT2D eigenvalue weighted by Crippen LogP contribution is -2.24. The molecule has 6 heteroatoms. The van der Waals surface area contributed by atoms with Crippen molar-refractivity contribution in [1.29, 1.82) is 0 Å². The summed E-state index contributed by atoms with van der Waals surface area (Å²) in [6.45, 7) is 3.44. The molecule has 25 heavy (non-hydrogen) atoms. The smallest absolute Gasteiger partial charge is 0.237 e. The average molecular weight is 358 g/mol. The summed E-state index contributed by atoms with van der Waals surface area (Å²) in [6, 6.07) is 14.8. The zero-order chi connectivity index (χ0) is 18.2. The van der Waals surface area contributed by atoms with Crippen molar-refractivity contribution in [3.8, 4) is 5.75 Å². The van der Waals surface area contributed by atoms with Gasteiger partial charge in [0.05, 0.1) is 12.4 Å². The Hall–Kier alpha value is -2.47. The summed E-state index contributed by atoms with van der Waals surface area (Å²) in [5.41, 5.74) is 1.43. The Kier molecular flexibility index (Phi) is 6.89. The van der Waals surface area contributed by atoms with E-state index in [1.54, 1.807) is 13.2 Å². The third-order valence-electron chi connectivity index (χ3n) is 3.43. The first-order chi connectivity index (χ1) is 12.0. The van der Waals surface area contributed by atoms with Gasteiger partial charge in [0.2, 0.25) is 11.8 Å². The fraction of sp³-hybridized carbons (Fsp3) is 0.263. The van der Waals surface area contributed by atoms with Gasteiger partial charge < -0.3 is 15.4 Å². The number of ether oxygens (including phenoxy) is 1. The van der Waals surface area contributed by atoms with Crippen LogP contribution in [-0.2, 0) is 9.59 Å². The number of anilines is 2. The van der Waals surface area contributed by atoms with Crippen LogP contribution in [0.3, 0.4) is 0 Å². The highest BCUT2D eigenvalue weighted by atomic mass is 32.2. The third-order valence-corrected chi connectivity index (χ3v) is 4.79. The predicted octanol–water partition coefficient (Wildman–Crippen LogP) is 4.16. The molecule has 0 aliphatic carbocycles. The number of benzene rings is 2. The van der Waals surface area contributed by atoms with Crippen molar-refractivity contribution in [3.05, 3.63) is 48.5 Å².